The SMILES string of the molecule is CC(NC(=O)CS)c1nccs1. The molecule has 1 N–H and O–H groups in total. The van der Waals surface area contributed by atoms with Gasteiger partial charge in [-0.2, -0.15) is 12.6 Å². The quantitative estimate of drug-likeness (QED) is 0.724. The molecule has 0 saturated carbocycles. The van der Waals surface area contributed by atoms with Crippen LogP contribution in [-0.4, -0.2) is 16.6 Å². The second-order valence-electron chi connectivity index (χ2n) is 2.32. The number of hydrogen-bond donors (Lipinski definition) is 2. The Balaban J connectivity index is 2.49. The van der Waals surface area contributed by atoms with Crippen molar-refractivity contribution in [3.05, 3.63) is 16.6 Å². The van der Waals surface area contributed by atoms with Gasteiger partial charge in [0.15, 0.2) is 0 Å². The summed E-state index contributed by atoms with van der Waals surface area (Å²) in [7, 11) is 0. The first kappa shape index (κ1) is 9.54. The number of rotatable bonds is 3. The van der Waals surface area contributed by atoms with Crippen molar-refractivity contribution in [2.45, 2.75) is 13.0 Å². The van der Waals surface area contributed by atoms with Gasteiger partial charge in [-0.1, -0.05) is 0 Å². The zero-order valence-electron chi connectivity index (χ0n) is 6.65. The minimum absolute atomic E-state index is 0.00958. The van der Waals surface area contributed by atoms with Crippen molar-refractivity contribution in [3.63, 3.8) is 0 Å². The van der Waals surface area contributed by atoms with Gasteiger partial charge in [0, 0.05) is 11.6 Å². The fourth-order valence-corrected chi connectivity index (χ4v) is 1.53. The summed E-state index contributed by atoms with van der Waals surface area (Å²) in [6.45, 7) is 1.90. The first-order valence-electron chi connectivity index (χ1n) is 3.53. The molecule has 0 aromatic carbocycles. The molecule has 0 bridgehead atoms. The highest BCUT2D eigenvalue weighted by Crippen LogP contribution is 2.14. The van der Waals surface area contributed by atoms with Crippen LogP contribution in [0.25, 0.3) is 0 Å². The van der Waals surface area contributed by atoms with E-state index in [9.17, 15) is 4.79 Å². The molecule has 0 aliphatic heterocycles. The number of nitrogens with zero attached hydrogens (tertiary/aromatic N) is 1. The molecule has 0 saturated heterocycles. The van der Waals surface area contributed by atoms with Gasteiger partial charge >= 0.3 is 0 Å². The van der Waals surface area contributed by atoms with Gasteiger partial charge in [-0.15, -0.1) is 11.3 Å². The predicted molar refractivity (Wildman–Crippen MR) is 52.5 cm³/mol. The number of nitrogens with one attached hydrogen (secondary N) is 1. The first-order valence-corrected chi connectivity index (χ1v) is 5.05. The Labute approximate surface area is 80.6 Å². The third-order valence-electron chi connectivity index (χ3n) is 1.34. The van der Waals surface area contributed by atoms with Gasteiger partial charge in [0.05, 0.1) is 11.8 Å². The molecule has 3 nitrogen and oxygen atoms in total. The second-order valence-corrected chi connectivity index (χ2v) is 3.56. The molecule has 0 spiro atoms. The molecule has 66 valence electrons. The lowest BCUT2D eigenvalue weighted by molar-refractivity contribution is -0.119. The maximum Gasteiger partial charge on any atom is 0.230 e. The van der Waals surface area contributed by atoms with Gasteiger partial charge in [0.2, 0.25) is 5.91 Å². The number of thiazole rings is 1. The number of aromatic nitrogens is 1. The predicted octanol–water partition coefficient (Wildman–Crippen LogP) is 1.25. The van der Waals surface area contributed by atoms with Crippen molar-refractivity contribution in [1.29, 1.82) is 0 Å². The summed E-state index contributed by atoms with van der Waals surface area (Å²) in [5.41, 5.74) is 0. The van der Waals surface area contributed by atoms with Crippen molar-refractivity contribution < 1.29 is 4.79 Å². The van der Waals surface area contributed by atoms with Crippen LogP contribution >= 0.6 is 24.0 Å². The van der Waals surface area contributed by atoms with E-state index in [1.807, 2.05) is 12.3 Å². The lowest BCUT2D eigenvalue weighted by Crippen LogP contribution is -2.27. The maximum absolute atomic E-state index is 10.9. The van der Waals surface area contributed by atoms with Crippen molar-refractivity contribution >= 4 is 29.9 Å². The Morgan fingerprint density at radius 2 is 2.67 bits per heavy atom. The van der Waals surface area contributed by atoms with Crippen molar-refractivity contribution in [3.8, 4) is 0 Å². The largest absolute Gasteiger partial charge is 0.346 e. The molecule has 5 heteroatoms. The molecule has 0 aliphatic carbocycles. The van der Waals surface area contributed by atoms with Gasteiger partial charge in [-0.25, -0.2) is 4.98 Å². The van der Waals surface area contributed by atoms with E-state index in [1.165, 1.54) is 11.3 Å². The summed E-state index contributed by atoms with van der Waals surface area (Å²) in [6, 6.07) is -0.00958. The number of carbonyl (C=O) groups excluding carboxylic acids is 1. The molecule has 1 heterocycles. The Morgan fingerprint density at radius 3 is 3.17 bits per heavy atom. The summed E-state index contributed by atoms with van der Waals surface area (Å²) < 4.78 is 0. The first-order chi connectivity index (χ1) is 5.74. The van der Waals surface area contributed by atoms with E-state index in [0.29, 0.717) is 0 Å². The number of thiol groups is 1. The average Bonchev–Trinajstić information content (AvgIpc) is 2.56. The molecule has 1 aromatic rings. The Hall–Kier alpha value is -0.550. The zero-order chi connectivity index (χ0) is 8.97. The van der Waals surface area contributed by atoms with E-state index in [0.717, 1.165) is 5.01 Å². The van der Waals surface area contributed by atoms with Crippen molar-refractivity contribution in [1.82, 2.24) is 10.3 Å². The van der Waals surface area contributed by atoms with E-state index in [2.05, 4.69) is 22.9 Å². The molecule has 1 atom stereocenters. The topological polar surface area (TPSA) is 42.0 Å². The minimum Gasteiger partial charge on any atom is -0.346 e. The third-order valence-corrected chi connectivity index (χ3v) is 2.59. The monoisotopic (exact) mass is 202 g/mol. The Morgan fingerprint density at radius 1 is 1.92 bits per heavy atom. The Kier molecular flexibility index (Phi) is 3.55. The highest BCUT2D eigenvalue weighted by atomic mass is 32.1. The highest BCUT2D eigenvalue weighted by molar-refractivity contribution is 7.81. The zero-order valence-corrected chi connectivity index (χ0v) is 8.36. The van der Waals surface area contributed by atoms with E-state index in [1.54, 1.807) is 6.20 Å². The molecule has 0 aliphatic rings. The molecule has 0 fully saturated rings. The van der Waals surface area contributed by atoms with Gasteiger partial charge in [-0.05, 0) is 6.92 Å². The van der Waals surface area contributed by atoms with Gasteiger partial charge in [-0.3, -0.25) is 4.79 Å². The molecule has 0 radical (unpaired) electrons. The molecule has 1 rings (SSSR count). The molecule has 1 amide bonds. The number of hydrogen-bond acceptors (Lipinski definition) is 4. The smallest absolute Gasteiger partial charge is 0.230 e. The van der Waals surface area contributed by atoms with Crippen LogP contribution in [0.3, 0.4) is 0 Å². The maximum atomic E-state index is 10.9. The third kappa shape index (κ3) is 2.49. The summed E-state index contributed by atoms with van der Waals surface area (Å²) >= 11 is 5.39. The van der Waals surface area contributed by atoms with Crippen LogP contribution in [0.1, 0.15) is 18.0 Å². The van der Waals surface area contributed by atoms with Gasteiger partial charge in [0.25, 0.3) is 0 Å². The minimum atomic E-state index is -0.0685. The molecular formula is C7H10N2OS2. The summed E-state index contributed by atoms with van der Waals surface area (Å²) in [4.78, 5) is 15.0. The van der Waals surface area contributed by atoms with Crippen LogP contribution in [0, 0.1) is 0 Å². The van der Waals surface area contributed by atoms with Gasteiger partial charge in [0.1, 0.15) is 5.01 Å². The van der Waals surface area contributed by atoms with E-state index >= 15 is 0 Å². The molecule has 1 unspecified atom stereocenters. The normalized spacial score (nSPS) is 12.5. The summed E-state index contributed by atoms with van der Waals surface area (Å²) in [5.74, 6) is 0.149. The van der Waals surface area contributed by atoms with E-state index in [4.69, 9.17) is 0 Å². The highest BCUT2D eigenvalue weighted by Gasteiger charge is 2.09. The Bertz CT molecular complexity index is 248. The van der Waals surface area contributed by atoms with Crippen LogP contribution in [-0.2, 0) is 4.79 Å². The van der Waals surface area contributed by atoms with Crippen LogP contribution in [0.4, 0.5) is 0 Å². The molecule has 12 heavy (non-hydrogen) atoms. The fraction of sp³-hybridized carbons (Fsp3) is 0.429. The number of carbonyl (C=O) groups is 1. The fourth-order valence-electron chi connectivity index (χ4n) is 0.797. The van der Waals surface area contributed by atoms with E-state index in [-0.39, 0.29) is 17.7 Å². The van der Waals surface area contributed by atoms with E-state index < -0.39 is 0 Å². The lowest BCUT2D eigenvalue weighted by Gasteiger charge is -2.08. The molecular weight excluding hydrogens is 192 g/mol. The van der Waals surface area contributed by atoms with Crippen LogP contribution in [0.5, 0.6) is 0 Å². The average molecular weight is 202 g/mol. The summed E-state index contributed by atoms with van der Waals surface area (Å²) in [6.07, 6.45) is 1.73. The van der Waals surface area contributed by atoms with Crippen LogP contribution in [0.2, 0.25) is 0 Å². The van der Waals surface area contributed by atoms with Gasteiger partial charge < -0.3 is 5.32 Å². The lowest BCUT2D eigenvalue weighted by atomic mass is 10.3. The van der Waals surface area contributed by atoms with Crippen molar-refractivity contribution in [2.75, 3.05) is 5.75 Å². The molecule has 1 aromatic heterocycles. The number of amides is 1. The van der Waals surface area contributed by atoms with Crippen LogP contribution in [0.15, 0.2) is 11.6 Å². The standard InChI is InChI=1S/C7H10N2OS2/c1-5(9-6(10)4-11)7-8-2-3-12-7/h2-3,5,11H,4H2,1H3,(H,9,10). The second kappa shape index (κ2) is 4.47. The van der Waals surface area contributed by atoms with Crippen molar-refractivity contribution in [2.24, 2.45) is 0 Å². The summed E-state index contributed by atoms with van der Waals surface area (Å²) in [5, 5.41) is 5.57. The van der Waals surface area contributed by atoms with Crippen LogP contribution < -0.4 is 5.32 Å².